The quantitative estimate of drug-likeness (QED) is 0.194. The Morgan fingerprint density at radius 2 is 1.05 bits per heavy atom. The van der Waals surface area contributed by atoms with Gasteiger partial charge in [-0.1, -0.05) is 79.7 Å². The summed E-state index contributed by atoms with van der Waals surface area (Å²) in [6.07, 6.45) is 2.45. The molecule has 0 spiro atoms. The minimum Gasteiger partial charge on any atom is -0.490 e. The van der Waals surface area contributed by atoms with Crippen molar-refractivity contribution in [1.29, 1.82) is 0 Å². The van der Waals surface area contributed by atoms with E-state index in [4.69, 9.17) is 18.9 Å². The second-order valence-corrected chi connectivity index (χ2v) is 10.4. The van der Waals surface area contributed by atoms with Gasteiger partial charge < -0.3 is 18.9 Å². The van der Waals surface area contributed by atoms with Crippen molar-refractivity contribution in [2.45, 2.75) is 32.0 Å². The topological polar surface area (TPSA) is 43.5 Å². The predicted molar refractivity (Wildman–Crippen MR) is 151 cm³/mol. The first kappa shape index (κ1) is 24.7. The average Bonchev–Trinajstić information content (AvgIpc) is 3.88. The van der Waals surface area contributed by atoms with E-state index in [0.717, 1.165) is 48.7 Å². The molecule has 4 nitrogen and oxygen atoms in total. The van der Waals surface area contributed by atoms with E-state index in [9.17, 15) is 0 Å². The molecule has 4 aromatic carbocycles. The highest BCUT2D eigenvalue weighted by Gasteiger charge is 2.24. The maximum absolute atomic E-state index is 6.13. The van der Waals surface area contributed by atoms with Gasteiger partial charge in [-0.2, -0.15) is 0 Å². The zero-order chi connectivity index (χ0) is 25.7. The van der Waals surface area contributed by atoms with Crippen molar-refractivity contribution in [3.63, 3.8) is 0 Å². The molecule has 0 saturated carbocycles. The summed E-state index contributed by atoms with van der Waals surface area (Å²) in [7, 11) is 0. The molecule has 0 aromatic heterocycles. The third-order valence-corrected chi connectivity index (χ3v) is 7.08. The Labute approximate surface area is 225 Å². The number of hydrogen-bond donors (Lipinski definition) is 0. The fourth-order valence-electron chi connectivity index (χ4n) is 4.92. The molecule has 0 radical (unpaired) electrons. The van der Waals surface area contributed by atoms with Crippen LogP contribution in [0.25, 0.3) is 22.3 Å². The van der Waals surface area contributed by atoms with Crippen LogP contribution in [0, 0.1) is 5.92 Å². The summed E-state index contributed by atoms with van der Waals surface area (Å²) in [5, 5.41) is 0. The Bertz CT molecular complexity index is 1240. The van der Waals surface area contributed by atoms with Gasteiger partial charge in [-0.3, -0.25) is 0 Å². The Kier molecular flexibility index (Phi) is 7.43. The van der Waals surface area contributed by atoms with E-state index >= 15 is 0 Å². The van der Waals surface area contributed by atoms with Gasteiger partial charge in [0.2, 0.25) is 0 Å². The number of ether oxygens (including phenoxy) is 4. The monoisotopic (exact) mass is 506 g/mol. The standard InChI is InChI=1S/C34H34O4/c1-24(16-25-12-14-33(37-22-29-20-35-29)31(18-25)27-8-4-2-5-9-27)17-26-13-15-34(38-23-30-21-36-30)32(19-26)28-10-6-3-7-11-28/h2-15,18-19,24,29-30H,16-17,20-23H2,1H3. The van der Waals surface area contributed by atoms with Gasteiger partial charge in [0, 0.05) is 11.1 Å². The van der Waals surface area contributed by atoms with Crippen molar-refractivity contribution < 1.29 is 18.9 Å². The van der Waals surface area contributed by atoms with E-state index in [-0.39, 0.29) is 12.2 Å². The number of epoxide rings is 2. The zero-order valence-electron chi connectivity index (χ0n) is 21.8. The number of benzene rings is 4. The van der Waals surface area contributed by atoms with Gasteiger partial charge in [-0.05, 0) is 65.3 Å². The van der Waals surface area contributed by atoms with Crippen LogP contribution in [0.3, 0.4) is 0 Å². The van der Waals surface area contributed by atoms with Crippen LogP contribution < -0.4 is 9.47 Å². The molecule has 2 unspecified atom stereocenters. The second kappa shape index (κ2) is 11.4. The molecule has 4 aromatic rings. The van der Waals surface area contributed by atoms with Crippen molar-refractivity contribution in [2.24, 2.45) is 5.92 Å². The average molecular weight is 507 g/mol. The first-order valence-corrected chi connectivity index (χ1v) is 13.6. The first-order valence-electron chi connectivity index (χ1n) is 13.6. The van der Waals surface area contributed by atoms with E-state index in [2.05, 4.69) is 91.9 Å². The van der Waals surface area contributed by atoms with Gasteiger partial charge >= 0.3 is 0 Å². The number of rotatable bonds is 12. The van der Waals surface area contributed by atoms with Crippen molar-refractivity contribution in [1.82, 2.24) is 0 Å². The number of hydrogen-bond acceptors (Lipinski definition) is 4. The summed E-state index contributed by atoms with van der Waals surface area (Å²) in [5.74, 6) is 2.31. The van der Waals surface area contributed by atoms with Gasteiger partial charge in [-0.25, -0.2) is 0 Å². The lowest BCUT2D eigenvalue weighted by molar-refractivity contribution is 0.264. The van der Waals surface area contributed by atoms with E-state index in [0.29, 0.717) is 19.1 Å². The smallest absolute Gasteiger partial charge is 0.127 e. The molecule has 38 heavy (non-hydrogen) atoms. The molecule has 0 aliphatic carbocycles. The highest BCUT2D eigenvalue weighted by atomic mass is 16.6. The fraction of sp³-hybridized carbons (Fsp3) is 0.294. The SMILES string of the molecule is CC(Cc1ccc(OCC2CO2)c(-c2ccccc2)c1)Cc1ccc(OCC2CO2)c(-c2ccccc2)c1. The van der Waals surface area contributed by atoms with Crippen LogP contribution in [-0.4, -0.2) is 38.6 Å². The van der Waals surface area contributed by atoms with Gasteiger partial charge in [0.05, 0.1) is 13.2 Å². The van der Waals surface area contributed by atoms with Crippen LogP contribution >= 0.6 is 0 Å². The summed E-state index contributed by atoms with van der Waals surface area (Å²) in [5.41, 5.74) is 7.27. The van der Waals surface area contributed by atoms with Crippen LogP contribution in [0.2, 0.25) is 0 Å². The molecular formula is C34H34O4. The molecule has 2 heterocycles. The van der Waals surface area contributed by atoms with Crippen LogP contribution in [-0.2, 0) is 22.3 Å². The maximum atomic E-state index is 6.13. The van der Waals surface area contributed by atoms with Crippen LogP contribution in [0.1, 0.15) is 18.1 Å². The molecule has 194 valence electrons. The van der Waals surface area contributed by atoms with Crippen molar-refractivity contribution >= 4 is 0 Å². The van der Waals surface area contributed by atoms with Crippen LogP contribution in [0.4, 0.5) is 0 Å². The highest BCUT2D eigenvalue weighted by molar-refractivity contribution is 5.72. The minimum absolute atomic E-state index is 0.234. The summed E-state index contributed by atoms with van der Waals surface area (Å²) >= 11 is 0. The van der Waals surface area contributed by atoms with E-state index < -0.39 is 0 Å². The molecule has 0 N–H and O–H groups in total. The third kappa shape index (κ3) is 6.45. The zero-order valence-corrected chi connectivity index (χ0v) is 21.8. The molecule has 0 amide bonds. The van der Waals surface area contributed by atoms with Crippen LogP contribution in [0.15, 0.2) is 97.1 Å². The third-order valence-electron chi connectivity index (χ3n) is 7.08. The Morgan fingerprint density at radius 3 is 1.45 bits per heavy atom. The largest absolute Gasteiger partial charge is 0.490 e. The highest BCUT2D eigenvalue weighted by Crippen LogP contribution is 2.34. The lowest BCUT2D eigenvalue weighted by Gasteiger charge is -2.17. The van der Waals surface area contributed by atoms with Crippen molar-refractivity contribution in [2.75, 3.05) is 26.4 Å². The Hall–Kier alpha value is -3.60. The molecule has 2 aliphatic rings. The molecule has 4 heteroatoms. The molecular weight excluding hydrogens is 472 g/mol. The van der Waals surface area contributed by atoms with Crippen LogP contribution in [0.5, 0.6) is 11.5 Å². The summed E-state index contributed by atoms with van der Waals surface area (Å²) < 4.78 is 22.9. The Morgan fingerprint density at radius 1 is 0.632 bits per heavy atom. The summed E-state index contributed by atoms with van der Waals surface area (Å²) in [6.45, 7) is 5.13. The molecule has 2 aliphatic heterocycles. The van der Waals surface area contributed by atoms with E-state index in [1.54, 1.807) is 0 Å². The lowest BCUT2D eigenvalue weighted by atomic mass is 9.91. The lowest BCUT2D eigenvalue weighted by Crippen LogP contribution is -2.07. The van der Waals surface area contributed by atoms with Crippen molar-refractivity contribution in [3.8, 4) is 33.8 Å². The van der Waals surface area contributed by atoms with Crippen molar-refractivity contribution in [3.05, 3.63) is 108 Å². The summed E-state index contributed by atoms with van der Waals surface area (Å²) in [6, 6.07) is 34.2. The predicted octanol–water partition coefficient (Wildman–Crippen LogP) is 7.00. The van der Waals surface area contributed by atoms with E-state index in [1.165, 1.54) is 22.3 Å². The molecule has 2 atom stereocenters. The maximum Gasteiger partial charge on any atom is 0.127 e. The minimum atomic E-state index is 0.234. The van der Waals surface area contributed by atoms with Gasteiger partial charge in [0.15, 0.2) is 0 Å². The van der Waals surface area contributed by atoms with E-state index in [1.807, 2.05) is 12.1 Å². The van der Waals surface area contributed by atoms with Gasteiger partial charge in [0.25, 0.3) is 0 Å². The fourth-order valence-corrected chi connectivity index (χ4v) is 4.92. The van der Waals surface area contributed by atoms with Gasteiger partial charge in [0.1, 0.15) is 36.9 Å². The van der Waals surface area contributed by atoms with Gasteiger partial charge in [-0.15, -0.1) is 0 Å². The first-order chi connectivity index (χ1) is 18.7. The Balaban J connectivity index is 1.19. The second-order valence-electron chi connectivity index (χ2n) is 10.4. The molecule has 0 bridgehead atoms. The normalized spacial score (nSPS) is 18.6. The molecule has 6 rings (SSSR count). The summed E-state index contributed by atoms with van der Waals surface area (Å²) in [4.78, 5) is 0. The molecule has 2 saturated heterocycles. The molecule has 2 fully saturated rings.